The molecular weight excluding hydrogens is 316 g/mol. The zero-order chi connectivity index (χ0) is 15.7. The van der Waals surface area contributed by atoms with Crippen LogP contribution in [0.25, 0.3) is 20.4 Å². The first-order valence-electron chi connectivity index (χ1n) is 6.76. The van der Waals surface area contributed by atoms with Crippen LogP contribution in [0.2, 0.25) is 0 Å². The van der Waals surface area contributed by atoms with Gasteiger partial charge in [0.1, 0.15) is 0 Å². The molecule has 2 aromatic heterocycles. The molecule has 1 aromatic carbocycles. The van der Waals surface area contributed by atoms with Crippen LogP contribution in [0, 0.1) is 0 Å². The Labute approximate surface area is 136 Å². The molecule has 114 valence electrons. The third kappa shape index (κ3) is 3.23. The van der Waals surface area contributed by atoms with Crippen molar-refractivity contribution >= 4 is 64.8 Å². The minimum Gasteiger partial charge on any atom is -0.253 e. The summed E-state index contributed by atoms with van der Waals surface area (Å²) in [5, 5.41) is 9.94. The van der Waals surface area contributed by atoms with Crippen LogP contribution in [0.3, 0.4) is 0 Å². The second-order valence-electron chi connectivity index (χ2n) is 5.17. The molecule has 0 aliphatic heterocycles. The summed E-state index contributed by atoms with van der Waals surface area (Å²) in [7, 11) is 0. The highest BCUT2D eigenvalue weighted by atomic mass is 32.1. The monoisotopic (exact) mass is 332 g/mol. The number of rotatable bonds is 4. The van der Waals surface area contributed by atoms with Gasteiger partial charge in [-0.25, -0.2) is 9.97 Å². The predicted molar refractivity (Wildman–Crippen MR) is 97.6 cm³/mol. The molecule has 0 saturated carbocycles. The Kier molecular flexibility index (Phi) is 4.04. The van der Waals surface area contributed by atoms with Crippen LogP contribution in [0.15, 0.2) is 22.3 Å². The molecule has 0 bridgehead atoms. The molecule has 0 spiro atoms. The number of thiazole rings is 2. The van der Waals surface area contributed by atoms with Gasteiger partial charge in [0.15, 0.2) is 0 Å². The van der Waals surface area contributed by atoms with Crippen molar-refractivity contribution in [2.45, 2.75) is 27.7 Å². The van der Waals surface area contributed by atoms with Gasteiger partial charge in [-0.15, -0.1) is 0 Å². The summed E-state index contributed by atoms with van der Waals surface area (Å²) in [5.41, 5.74) is 9.78. The van der Waals surface area contributed by atoms with E-state index in [1.807, 2.05) is 27.7 Å². The van der Waals surface area contributed by atoms with E-state index in [0.29, 0.717) is 0 Å². The Balaban J connectivity index is 1.95. The molecule has 6 nitrogen and oxygen atoms in total. The van der Waals surface area contributed by atoms with E-state index in [2.05, 4.69) is 43.2 Å². The summed E-state index contributed by atoms with van der Waals surface area (Å²) in [6, 6.07) is 4.11. The van der Waals surface area contributed by atoms with Crippen LogP contribution >= 0.6 is 22.7 Å². The highest BCUT2D eigenvalue weighted by Gasteiger charge is 2.09. The molecule has 0 aliphatic carbocycles. The van der Waals surface area contributed by atoms with Crippen LogP contribution in [-0.2, 0) is 0 Å². The number of fused-ring (bicyclic) bond motifs is 2. The number of hydrogen-bond donors (Lipinski definition) is 2. The molecular formula is C14H16N6S2. The molecule has 3 rings (SSSR count). The Morgan fingerprint density at radius 3 is 1.59 bits per heavy atom. The summed E-state index contributed by atoms with van der Waals surface area (Å²) >= 11 is 3.14. The molecule has 0 radical (unpaired) electrons. The molecule has 8 heteroatoms. The van der Waals surface area contributed by atoms with E-state index in [9.17, 15) is 0 Å². The van der Waals surface area contributed by atoms with Gasteiger partial charge in [-0.2, -0.15) is 10.2 Å². The SMILES string of the molecule is CC(C)=NNc1nc2cc3sc(NN=C(C)C)nc3cc2s1. The molecule has 0 atom stereocenters. The predicted octanol–water partition coefficient (Wildman–Crippen LogP) is 4.52. The number of benzene rings is 1. The maximum absolute atomic E-state index is 4.55. The first-order valence-corrected chi connectivity index (χ1v) is 8.39. The van der Waals surface area contributed by atoms with Crippen molar-refractivity contribution in [3.05, 3.63) is 12.1 Å². The van der Waals surface area contributed by atoms with Gasteiger partial charge in [-0.1, -0.05) is 22.7 Å². The topological polar surface area (TPSA) is 74.6 Å². The van der Waals surface area contributed by atoms with Crippen LogP contribution in [0.1, 0.15) is 27.7 Å². The summed E-state index contributed by atoms with van der Waals surface area (Å²) in [6.07, 6.45) is 0. The molecule has 3 aromatic rings. The van der Waals surface area contributed by atoms with Crippen molar-refractivity contribution < 1.29 is 0 Å². The quantitative estimate of drug-likeness (QED) is 0.544. The van der Waals surface area contributed by atoms with Gasteiger partial charge < -0.3 is 0 Å². The first-order chi connectivity index (χ1) is 10.5. The van der Waals surface area contributed by atoms with E-state index in [1.165, 1.54) is 0 Å². The zero-order valence-electron chi connectivity index (χ0n) is 12.8. The number of anilines is 2. The maximum atomic E-state index is 4.55. The van der Waals surface area contributed by atoms with Crippen LogP contribution in [0.5, 0.6) is 0 Å². The lowest BCUT2D eigenvalue weighted by Crippen LogP contribution is -1.91. The average Bonchev–Trinajstić information content (AvgIpc) is 3.02. The van der Waals surface area contributed by atoms with E-state index in [1.54, 1.807) is 22.7 Å². The van der Waals surface area contributed by atoms with Gasteiger partial charge in [0, 0.05) is 11.4 Å². The van der Waals surface area contributed by atoms with E-state index >= 15 is 0 Å². The molecule has 0 unspecified atom stereocenters. The lowest BCUT2D eigenvalue weighted by Gasteiger charge is -1.92. The molecule has 0 saturated heterocycles. The largest absolute Gasteiger partial charge is 0.253 e. The third-order valence-electron chi connectivity index (χ3n) is 2.65. The fraction of sp³-hybridized carbons (Fsp3) is 0.286. The lowest BCUT2D eigenvalue weighted by molar-refractivity contribution is 1.28. The number of aromatic nitrogens is 2. The Morgan fingerprint density at radius 2 is 1.23 bits per heavy atom. The normalized spacial score (nSPS) is 10.7. The van der Waals surface area contributed by atoms with Gasteiger partial charge >= 0.3 is 0 Å². The van der Waals surface area contributed by atoms with Crippen molar-refractivity contribution in [3.8, 4) is 0 Å². The van der Waals surface area contributed by atoms with E-state index in [0.717, 1.165) is 42.1 Å². The third-order valence-corrected chi connectivity index (χ3v) is 4.49. The van der Waals surface area contributed by atoms with E-state index < -0.39 is 0 Å². The summed E-state index contributed by atoms with van der Waals surface area (Å²) in [4.78, 5) is 9.10. The Morgan fingerprint density at radius 1 is 0.818 bits per heavy atom. The molecule has 0 aliphatic rings. The standard InChI is InChI=1S/C14H16N6S2/c1-7(2)17-19-13-15-9-5-12-10(6-11(9)21-13)16-14(22-12)20-18-8(3)4/h5-6H,1-4H3,(H,15,19)(H,16,20). The van der Waals surface area contributed by atoms with Crippen molar-refractivity contribution in [2.24, 2.45) is 10.2 Å². The fourth-order valence-electron chi connectivity index (χ4n) is 1.76. The smallest absolute Gasteiger partial charge is 0.204 e. The zero-order valence-corrected chi connectivity index (χ0v) is 14.4. The number of hydrogen-bond acceptors (Lipinski definition) is 8. The minimum absolute atomic E-state index is 0.790. The van der Waals surface area contributed by atoms with Gasteiger partial charge in [0.2, 0.25) is 10.3 Å². The van der Waals surface area contributed by atoms with Crippen LogP contribution in [0.4, 0.5) is 10.3 Å². The van der Waals surface area contributed by atoms with Gasteiger partial charge in [-0.3, -0.25) is 10.9 Å². The molecule has 2 N–H and O–H groups in total. The summed E-state index contributed by atoms with van der Waals surface area (Å²) in [6.45, 7) is 7.76. The number of nitrogens with one attached hydrogen (secondary N) is 2. The summed E-state index contributed by atoms with van der Waals surface area (Å²) in [5.74, 6) is 0. The number of hydrazone groups is 2. The minimum atomic E-state index is 0.790. The lowest BCUT2D eigenvalue weighted by atomic mass is 10.3. The average molecular weight is 332 g/mol. The van der Waals surface area contributed by atoms with E-state index in [-0.39, 0.29) is 0 Å². The van der Waals surface area contributed by atoms with Crippen molar-refractivity contribution in [2.75, 3.05) is 10.9 Å². The first kappa shape index (κ1) is 14.9. The Bertz CT molecular complexity index is 761. The second-order valence-corrected chi connectivity index (χ2v) is 7.23. The van der Waals surface area contributed by atoms with Crippen molar-refractivity contribution in [1.82, 2.24) is 9.97 Å². The summed E-state index contributed by atoms with van der Waals surface area (Å²) < 4.78 is 2.18. The van der Waals surface area contributed by atoms with Crippen LogP contribution < -0.4 is 10.9 Å². The fourth-order valence-corrected chi connectivity index (χ4v) is 3.41. The Hall–Kier alpha value is -2.06. The molecule has 0 amide bonds. The van der Waals surface area contributed by atoms with E-state index in [4.69, 9.17) is 0 Å². The van der Waals surface area contributed by atoms with Crippen molar-refractivity contribution in [1.29, 1.82) is 0 Å². The van der Waals surface area contributed by atoms with Crippen LogP contribution in [-0.4, -0.2) is 21.4 Å². The highest BCUT2D eigenvalue weighted by molar-refractivity contribution is 7.23. The molecule has 2 heterocycles. The van der Waals surface area contributed by atoms with Gasteiger partial charge in [0.05, 0.1) is 20.4 Å². The highest BCUT2D eigenvalue weighted by Crippen LogP contribution is 2.33. The van der Waals surface area contributed by atoms with Crippen molar-refractivity contribution in [3.63, 3.8) is 0 Å². The maximum Gasteiger partial charge on any atom is 0.204 e. The number of nitrogens with zero attached hydrogens (tertiary/aromatic N) is 4. The molecule has 0 fully saturated rings. The second kappa shape index (κ2) is 5.98. The van der Waals surface area contributed by atoms with Gasteiger partial charge in [-0.05, 0) is 39.8 Å². The molecule has 22 heavy (non-hydrogen) atoms. The van der Waals surface area contributed by atoms with Gasteiger partial charge in [0.25, 0.3) is 0 Å².